The first-order valence-corrected chi connectivity index (χ1v) is 6.26. The molecule has 0 unspecified atom stereocenters. The highest BCUT2D eigenvalue weighted by molar-refractivity contribution is 5.85. The molecule has 0 aliphatic heterocycles. The van der Waals surface area contributed by atoms with Crippen LogP contribution >= 0.6 is 12.4 Å². The van der Waals surface area contributed by atoms with Crippen molar-refractivity contribution in [1.82, 2.24) is 5.32 Å². The maximum atomic E-state index is 10.6. The van der Waals surface area contributed by atoms with Gasteiger partial charge in [-0.25, -0.2) is 0 Å². The zero-order chi connectivity index (χ0) is 14.4. The molecule has 0 radical (unpaired) electrons. The fraction of sp³-hybridized carbons (Fsp3) is 0.200. The minimum atomic E-state index is -0.397. The maximum absolute atomic E-state index is 10.6. The van der Waals surface area contributed by atoms with Gasteiger partial charge in [0.05, 0.1) is 12.0 Å². The molecule has 5 nitrogen and oxygen atoms in total. The van der Waals surface area contributed by atoms with E-state index in [4.69, 9.17) is 4.74 Å². The minimum absolute atomic E-state index is 0. The van der Waals surface area contributed by atoms with Gasteiger partial charge < -0.3 is 10.1 Å². The average Bonchev–Trinajstić information content (AvgIpc) is 2.48. The normalized spacial score (nSPS) is 9.76. The Bertz CT molecular complexity index is 588. The number of nitrogens with zero attached hydrogens (tertiary/aromatic N) is 1. The van der Waals surface area contributed by atoms with Crippen molar-refractivity contribution in [2.24, 2.45) is 0 Å². The van der Waals surface area contributed by atoms with Crippen molar-refractivity contribution in [1.29, 1.82) is 0 Å². The summed E-state index contributed by atoms with van der Waals surface area (Å²) in [5.41, 5.74) is 2.20. The standard InChI is InChI=1S/C15H16N2O3.ClH/c1-20-15-5-3-2-4-13(15)11-16-10-12-6-8-14(9-7-12)17(18)19;/h2-9,16H,10-11H2,1H3;1H. The second kappa shape index (κ2) is 8.24. The molecular weight excluding hydrogens is 292 g/mol. The van der Waals surface area contributed by atoms with Crippen LogP contribution in [-0.2, 0) is 13.1 Å². The van der Waals surface area contributed by atoms with Gasteiger partial charge in [-0.3, -0.25) is 10.1 Å². The third kappa shape index (κ3) is 4.73. The van der Waals surface area contributed by atoms with Crippen LogP contribution in [0.1, 0.15) is 11.1 Å². The zero-order valence-electron chi connectivity index (χ0n) is 11.6. The monoisotopic (exact) mass is 308 g/mol. The van der Waals surface area contributed by atoms with Gasteiger partial charge in [0.25, 0.3) is 5.69 Å². The van der Waals surface area contributed by atoms with E-state index in [9.17, 15) is 10.1 Å². The van der Waals surface area contributed by atoms with Crippen LogP contribution in [0, 0.1) is 10.1 Å². The number of benzene rings is 2. The van der Waals surface area contributed by atoms with Gasteiger partial charge in [-0.05, 0) is 11.6 Å². The van der Waals surface area contributed by atoms with E-state index < -0.39 is 4.92 Å². The lowest BCUT2D eigenvalue weighted by Gasteiger charge is -2.09. The highest BCUT2D eigenvalue weighted by Crippen LogP contribution is 2.17. The number of hydrogen-bond donors (Lipinski definition) is 1. The molecular formula is C15H17ClN2O3. The lowest BCUT2D eigenvalue weighted by molar-refractivity contribution is -0.384. The van der Waals surface area contributed by atoms with Crippen LogP contribution in [0.3, 0.4) is 0 Å². The summed E-state index contributed by atoms with van der Waals surface area (Å²) in [4.78, 5) is 10.2. The Hall–Kier alpha value is -2.11. The van der Waals surface area contributed by atoms with Crippen molar-refractivity contribution in [2.75, 3.05) is 7.11 Å². The van der Waals surface area contributed by atoms with Gasteiger partial charge >= 0.3 is 0 Å². The Morgan fingerprint density at radius 1 is 1.10 bits per heavy atom. The number of non-ortho nitro benzene ring substituents is 1. The molecule has 0 bridgehead atoms. The predicted molar refractivity (Wildman–Crippen MR) is 83.9 cm³/mol. The molecule has 0 fully saturated rings. The summed E-state index contributed by atoms with van der Waals surface area (Å²) in [6.45, 7) is 1.33. The van der Waals surface area contributed by atoms with Gasteiger partial charge in [0.1, 0.15) is 5.75 Å². The zero-order valence-corrected chi connectivity index (χ0v) is 12.4. The molecule has 0 saturated carbocycles. The van der Waals surface area contributed by atoms with Gasteiger partial charge in [0.2, 0.25) is 0 Å². The molecule has 0 spiro atoms. The fourth-order valence-corrected chi connectivity index (χ4v) is 1.93. The van der Waals surface area contributed by atoms with E-state index in [1.165, 1.54) is 12.1 Å². The van der Waals surface area contributed by atoms with Crippen LogP contribution < -0.4 is 10.1 Å². The lowest BCUT2D eigenvalue weighted by atomic mass is 10.2. The van der Waals surface area contributed by atoms with Crippen LogP contribution in [0.25, 0.3) is 0 Å². The van der Waals surface area contributed by atoms with Crippen molar-refractivity contribution in [3.05, 3.63) is 69.8 Å². The van der Waals surface area contributed by atoms with Gasteiger partial charge in [-0.15, -0.1) is 12.4 Å². The summed E-state index contributed by atoms with van der Waals surface area (Å²) in [7, 11) is 1.65. The second-order valence-electron chi connectivity index (χ2n) is 4.34. The van der Waals surface area contributed by atoms with Crippen LogP contribution in [0.4, 0.5) is 5.69 Å². The molecule has 0 atom stereocenters. The first-order valence-electron chi connectivity index (χ1n) is 6.26. The Morgan fingerprint density at radius 3 is 2.38 bits per heavy atom. The number of ether oxygens (including phenoxy) is 1. The van der Waals surface area contributed by atoms with Crippen molar-refractivity contribution >= 4 is 18.1 Å². The number of nitro benzene ring substituents is 1. The Balaban J connectivity index is 0.00000220. The summed E-state index contributed by atoms with van der Waals surface area (Å²) in [5, 5.41) is 13.8. The van der Waals surface area contributed by atoms with E-state index in [0.717, 1.165) is 16.9 Å². The fourth-order valence-electron chi connectivity index (χ4n) is 1.93. The van der Waals surface area contributed by atoms with Crippen LogP contribution in [0.15, 0.2) is 48.5 Å². The molecule has 2 aromatic rings. The van der Waals surface area contributed by atoms with Gasteiger partial charge in [-0.1, -0.05) is 30.3 Å². The summed E-state index contributed by atoms with van der Waals surface area (Å²) in [6, 6.07) is 14.4. The van der Waals surface area contributed by atoms with Crippen molar-refractivity contribution in [3.8, 4) is 5.75 Å². The molecule has 0 amide bonds. The number of nitrogens with one attached hydrogen (secondary N) is 1. The number of para-hydroxylation sites is 1. The Labute approximate surface area is 129 Å². The molecule has 2 aromatic carbocycles. The number of hydrogen-bond acceptors (Lipinski definition) is 4. The molecule has 112 valence electrons. The minimum Gasteiger partial charge on any atom is -0.496 e. The first-order chi connectivity index (χ1) is 9.70. The highest BCUT2D eigenvalue weighted by atomic mass is 35.5. The third-order valence-corrected chi connectivity index (χ3v) is 2.98. The van der Waals surface area contributed by atoms with Crippen LogP contribution in [0.5, 0.6) is 5.75 Å². The molecule has 2 rings (SSSR count). The van der Waals surface area contributed by atoms with Crippen LogP contribution in [-0.4, -0.2) is 12.0 Å². The quantitative estimate of drug-likeness (QED) is 0.657. The van der Waals surface area contributed by atoms with Crippen molar-refractivity contribution < 1.29 is 9.66 Å². The third-order valence-electron chi connectivity index (χ3n) is 2.98. The average molecular weight is 309 g/mol. The van der Waals surface area contributed by atoms with E-state index >= 15 is 0 Å². The van der Waals surface area contributed by atoms with E-state index in [0.29, 0.717) is 13.1 Å². The smallest absolute Gasteiger partial charge is 0.269 e. The number of methoxy groups -OCH3 is 1. The highest BCUT2D eigenvalue weighted by Gasteiger charge is 2.04. The van der Waals surface area contributed by atoms with E-state index in [1.807, 2.05) is 24.3 Å². The molecule has 0 aliphatic rings. The summed E-state index contributed by atoms with van der Waals surface area (Å²) >= 11 is 0. The Kier molecular flexibility index (Phi) is 6.65. The summed E-state index contributed by atoms with van der Waals surface area (Å²) < 4.78 is 5.28. The van der Waals surface area contributed by atoms with E-state index in [1.54, 1.807) is 19.2 Å². The van der Waals surface area contributed by atoms with Crippen molar-refractivity contribution in [2.45, 2.75) is 13.1 Å². The van der Waals surface area contributed by atoms with Crippen LogP contribution in [0.2, 0.25) is 0 Å². The number of rotatable bonds is 6. The lowest BCUT2D eigenvalue weighted by Crippen LogP contribution is -2.13. The van der Waals surface area contributed by atoms with E-state index in [2.05, 4.69) is 5.32 Å². The molecule has 0 aromatic heterocycles. The first kappa shape index (κ1) is 16.9. The largest absolute Gasteiger partial charge is 0.496 e. The summed E-state index contributed by atoms with van der Waals surface area (Å²) in [5.74, 6) is 0.851. The molecule has 0 saturated heterocycles. The summed E-state index contributed by atoms with van der Waals surface area (Å²) in [6.07, 6.45) is 0. The number of nitro groups is 1. The van der Waals surface area contributed by atoms with E-state index in [-0.39, 0.29) is 18.1 Å². The molecule has 1 N–H and O–H groups in total. The molecule has 21 heavy (non-hydrogen) atoms. The molecule has 0 aliphatic carbocycles. The van der Waals surface area contributed by atoms with Gasteiger partial charge in [-0.2, -0.15) is 0 Å². The predicted octanol–water partition coefficient (Wildman–Crippen LogP) is 3.32. The second-order valence-corrected chi connectivity index (χ2v) is 4.34. The van der Waals surface area contributed by atoms with Crippen molar-refractivity contribution in [3.63, 3.8) is 0 Å². The number of halogens is 1. The maximum Gasteiger partial charge on any atom is 0.269 e. The Morgan fingerprint density at radius 2 is 1.76 bits per heavy atom. The molecule has 6 heteroatoms. The van der Waals surface area contributed by atoms with Gasteiger partial charge in [0, 0.05) is 30.8 Å². The SMILES string of the molecule is COc1ccccc1CNCc1ccc([N+](=O)[O-])cc1.Cl. The molecule has 0 heterocycles. The van der Waals surface area contributed by atoms with Gasteiger partial charge in [0.15, 0.2) is 0 Å². The topological polar surface area (TPSA) is 64.4 Å².